The SMILES string of the molecule is COC(=O)C(C)(C)COc1cc(F)cc(Br)c1. The number of hydrogen-bond donors (Lipinski definition) is 0. The van der Waals surface area contributed by atoms with E-state index in [9.17, 15) is 9.18 Å². The molecule has 0 saturated carbocycles. The molecule has 0 aliphatic heterocycles. The van der Waals surface area contributed by atoms with Crippen molar-refractivity contribution in [2.24, 2.45) is 5.41 Å². The van der Waals surface area contributed by atoms with Gasteiger partial charge in [0.15, 0.2) is 0 Å². The van der Waals surface area contributed by atoms with Gasteiger partial charge in [-0.05, 0) is 26.0 Å². The minimum absolute atomic E-state index is 0.121. The molecule has 0 aliphatic rings. The van der Waals surface area contributed by atoms with Gasteiger partial charge in [0.05, 0.1) is 12.5 Å². The van der Waals surface area contributed by atoms with Crippen molar-refractivity contribution in [3.05, 3.63) is 28.5 Å². The molecule has 0 saturated heterocycles. The Morgan fingerprint density at radius 2 is 2.06 bits per heavy atom. The van der Waals surface area contributed by atoms with Crippen LogP contribution in [0.4, 0.5) is 4.39 Å². The second kappa shape index (κ2) is 5.49. The van der Waals surface area contributed by atoms with Crippen molar-refractivity contribution in [3.63, 3.8) is 0 Å². The van der Waals surface area contributed by atoms with Gasteiger partial charge in [-0.2, -0.15) is 0 Å². The third kappa shape index (κ3) is 4.00. The maximum absolute atomic E-state index is 13.1. The van der Waals surface area contributed by atoms with E-state index in [1.54, 1.807) is 19.9 Å². The van der Waals surface area contributed by atoms with Gasteiger partial charge in [-0.15, -0.1) is 0 Å². The van der Waals surface area contributed by atoms with Gasteiger partial charge in [0.25, 0.3) is 0 Å². The van der Waals surface area contributed by atoms with E-state index in [4.69, 9.17) is 4.74 Å². The van der Waals surface area contributed by atoms with Crippen LogP contribution in [0.5, 0.6) is 5.75 Å². The van der Waals surface area contributed by atoms with Crippen LogP contribution in [0.2, 0.25) is 0 Å². The number of esters is 1. The molecule has 0 N–H and O–H groups in total. The lowest BCUT2D eigenvalue weighted by Crippen LogP contribution is -2.32. The average molecular weight is 305 g/mol. The second-order valence-corrected chi connectivity index (χ2v) is 5.18. The first-order chi connectivity index (χ1) is 7.85. The summed E-state index contributed by atoms with van der Waals surface area (Å²) in [6, 6.07) is 4.23. The van der Waals surface area contributed by atoms with Gasteiger partial charge >= 0.3 is 5.97 Å². The molecule has 1 rings (SSSR count). The van der Waals surface area contributed by atoms with Crippen LogP contribution < -0.4 is 4.74 Å². The van der Waals surface area contributed by atoms with Crippen molar-refractivity contribution in [2.45, 2.75) is 13.8 Å². The predicted molar refractivity (Wildman–Crippen MR) is 65.4 cm³/mol. The van der Waals surface area contributed by atoms with Crippen LogP contribution in [-0.4, -0.2) is 19.7 Å². The van der Waals surface area contributed by atoms with Crippen LogP contribution in [0.25, 0.3) is 0 Å². The Bertz CT molecular complexity index is 398. The number of benzene rings is 1. The summed E-state index contributed by atoms with van der Waals surface area (Å²) < 4.78 is 23.7. The first kappa shape index (κ1) is 14.0. The summed E-state index contributed by atoms with van der Waals surface area (Å²) in [7, 11) is 1.32. The minimum Gasteiger partial charge on any atom is -0.492 e. The summed E-state index contributed by atoms with van der Waals surface area (Å²) in [5.41, 5.74) is -0.770. The zero-order valence-electron chi connectivity index (χ0n) is 9.92. The number of methoxy groups -OCH3 is 1. The molecule has 5 heteroatoms. The largest absolute Gasteiger partial charge is 0.492 e. The van der Waals surface area contributed by atoms with E-state index < -0.39 is 11.2 Å². The third-order valence-electron chi connectivity index (χ3n) is 2.17. The van der Waals surface area contributed by atoms with Crippen molar-refractivity contribution in [1.82, 2.24) is 0 Å². The number of ether oxygens (including phenoxy) is 2. The Morgan fingerprint density at radius 1 is 1.41 bits per heavy atom. The van der Waals surface area contributed by atoms with E-state index in [1.165, 1.54) is 19.2 Å². The third-order valence-corrected chi connectivity index (χ3v) is 2.63. The van der Waals surface area contributed by atoms with Crippen LogP contribution in [0.3, 0.4) is 0 Å². The Labute approximate surface area is 108 Å². The average Bonchev–Trinajstić information content (AvgIpc) is 2.24. The molecule has 0 unspecified atom stereocenters. The highest BCUT2D eigenvalue weighted by atomic mass is 79.9. The van der Waals surface area contributed by atoms with Gasteiger partial charge in [-0.25, -0.2) is 4.39 Å². The molecule has 0 amide bonds. The lowest BCUT2D eigenvalue weighted by atomic mass is 9.95. The summed E-state index contributed by atoms with van der Waals surface area (Å²) >= 11 is 3.16. The summed E-state index contributed by atoms with van der Waals surface area (Å²) in [6.07, 6.45) is 0. The quantitative estimate of drug-likeness (QED) is 0.802. The molecular weight excluding hydrogens is 291 g/mol. The maximum atomic E-state index is 13.1. The molecule has 0 aliphatic carbocycles. The van der Waals surface area contributed by atoms with Crippen LogP contribution in [0.15, 0.2) is 22.7 Å². The molecule has 0 bridgehead atoms. The van der Waals surface area contributed by atoms with Gasteiger partial charge in [-0.3, -0.25) is 4.79 Å². The van der Waals surface area contributed by atoms with Crippen LogP contribution in [0.1, 0.15) is 13.8 Å². The van der Waals surface area contributed by atoms with Crippen molar-refractivity contribution >= 4 is 21.9 Å². The molecule has 17 heavy (non-hydrogen) atoms. The molecule has 94 valence electrons. The topological polar surface area (TPSA) is 35.5 Å². The Morgan fingerprint density at radius 3 is 2.59 bits per heavy atom. The zero-order chi connectivity index (χ0) is 13.1. The van der Waals surface area contributed by atoms with Crippen molar-refractivity contribution < 1.29 is 18.7 Å². The molecule has 0 atom stereocenters. The number of halogens is 2. The van der Waals surface area contributed by atoms with E-state index in [2.05, 4.69) is 20.7 Å². The smallest absolute Gasteiger partial charge is 0.314 e. The lowest BCUT2D eigenvalue weighted by Gasteiger charge is -2.21. The maximum Gasteiger partial charge on any atom is 0.314 e. The molecule has 0 heterocycles. The van der Waals surface area contributed by atoms with Crippen LogP contribution in [0, 0.1) is 11.2 Å². The van der Waals surface area contributed by atoms with Gasteiger partial charge in [0.2, 0.25) is 0 Å². The molecule has 0 aromatic heterocycles. The number of carbonyl (C=O) groups is 1. The van der Waals surface area contributed by atoms with Crippen molar-refractivity contribution in [3.8, 4) is 5.75 Å². The lowest BCUT2D eigenvalue weighted by molar-refractivity contribution is -0.152. The number of hydrogen-bond acceptors (Lipinski definition) is 3. The fourth-order valence-electron chi connectivity index (χ4n) is 1.21. The van der Waals surface area contributed by atoms with Gasteiger partial charge in [0, 0.05) is 10.5 Å². The zero-order valence-corrected chi connectivity index (χ0v) is 11.5. The fraction of sp³-hybridized carbons (Fsp3) is 0.417. The van der Waals surface area contributed by atoms with Crippen molar-refractivity contribution in [2.75, 3.05) is 13.7 Å². The summed E-state index contributed by atoms with van der Waals surface area (Å²) in [5, 5.41) is 0. The standard InChI is InChI=1S/C12H14BrFO3/c1-12(2,11(15)16-3)7-17-10-5-8(13)4-9(14)6-10/h4-6H,7H2,1-3H3. The highest BCUT2D eigenvalue weighted by molar-refractivity contribution is 9.10. The van der Waals surface area contributed by atoms with Crippen molar-refractivity contribution in [1.29, 1.82) is 0 Å². The molecule has 0 spiro atoms. The molecule has 3 nitrogen and oxygen atoms in total. The molecular formula is C12H14BrFO3. The fourth-order valence-corrected chi connectivity index (χ4v) is 1.66. The van der Waals surface area contributed by atoms with Gasteiger partial charge in [0.1, 0.15) is 18.2 Å². The minimum atomic E-state index is -0.770. The van der Waals surface area contributed by atoms with E-state index in [0.29, 0.717) is 10.2 Å². The predicted octanol–water partition coefficient (Wildman–Crippen LogP) is 3.17. The molecule has 1 aromatic carbocycles. The first-order valence-corrected chi connectivity index (χ1v) is 5.82. The first-order valence-electron chi connectivity index (χ1n) is 5.02. The Balaban J connectivity index is 2.70. The Kier molecular flexibility index (Phi) is 4.51. The second-order valence-electron chi connectivity index (χ2n) is 4.27. The van der Waals surface area contributed by atoms with Crippen LogP contribution >= 0.6 is 15.9 Å². The Hall–Kier alpha value is -1.10. The summed E-state index contributed by atoms with van der Waals surface area (Å²) in [5.74, 6) is -0.396. The monoisotopic (exact) mass is 304 g/mol. The normalized spacial score (nSPS) is 11.1. The summed E-state index contributed by atoms with van der Waals surface area (Å²) in [4.78, 5) is 11.4. The molecule has 0 fully saturated rings. The highest BCUT2D eigenvalue weighted by Crippen LogP contribution is 2.24. The van der Waals surface area contributed by atoms with E-state index in [0.717, 1.165) is 0 Å². The number of rotatable bonds is 4. The summed E-state index contributed by atoms with van der Waals surface area (Å²) in [6.45, 7) is 3.52. The van der Waals surface area contributed by atoms with Gasteiger partial charge < -0.3 is 9.47 Å². The molecule has 1 aromatic rings. The van der Waals surface area contributed by atoms with E-state index >= 15 is 0 Å². The molecule has 0 radical (unpaired) electrons. The highest BCUT2D eigenvalue weighted by Gasteiger charge is 2.29. The van der Waals surface area contributed by atoms with E-state index in [1.807, 2.05) is 0 Å². The van der Waals surface area contributed by atoms with Crippen LogP contribution in [-0.2, 0) is 9.53 Å². The van der Waals surface area contributed by atoms with Gasteiger partial charge in [-0.1, -0.05) is 15.9 Å². The van der Waals surface area contributed by atoms with E-state index in [-0.39, 0.29) is 12.6 Å². The number of carbonyl (C=O) groups excluding carboxylic acids is 1.